The maximum atomic E-state index is 14.0. The van der Waals surface area contributed by atoms with Gasteiger partial charge in [-0.1, -0.05) is 48.5 Å². The Balaban J connectivity index is 2.02. The van der Waals surface area contributed by atoms with Gasteiger partial charge in [0.1, 0.15) is 0 Å². The fourth-order valence-corrected chi connectivity index (χ4v) is 3.03. The quantitative estimate of drug-likeness (QED) is 0.163. The molecule has 25 heavy (non-hydrogen) atoms. The molecule has 0 saturated heterocycles. The van der Waals surface area contributed by atoms with E-state index >= 15 is 0 Å². The SMILES string of the molecule is Fc1c(F)c(F)c(-c2ccc3c(ccc4ccccc43)c2)c(F)c1F. The van der Waals surface area contributed by atoms with E-state index in [1.807, 2.05) is 30.3 Å². The zero-order valence-corrected chi connectivity index (χ0v) is 12.6. The molecule has 5 heteroatoms. The molecule has 0 spiro atoms. The van der Waals surface area contributed by atoms with Crippen LogP contribution in [0.3, 0.4) is 0 Å². The Morgan fingerprint density at radius 2 is 1.04 bits per heavy atom. The first kappa shape index (κ1) is 15.6. The standard InChI is InChI=1S/C20H9F5/c21-16-15(17(22)19(24)20(25)18(16)23)12-7-8-14-11(9-12)6-5-10-3-1-2-4-13(10)14/h1-9H. The van der Waals surface area contributed by atoms with Crippen LogP contribution >= 0.6 is 0 Å². The number of fused-ring (bicyclic) bond motifs is 3. The van der Waals surface area contributed by atoms with Gasteiger partial charge in [0, 0.05) is 0 Å². The minimum atomic E-state index is -2.16. The number of hydrogen-bond acceptors (Lipinski definition) is 0. The van der Waals surface area contributed by atoms with Gasteiger partial charge in [0.05, 0.1) is 5.56 Å². The molecule has 0 atom stereocenters. The number of halogens is 5. The van der Waals surface area contributed by atoms with E-state index in [4.69, 9.17) is 0 Å². The van der Waals surface area contributed by atoms with Gasteiger partial charge in [0.15, 0.2) is 23.3 Å². The average molecular weight is 344 g/mol. The molecule has 0 nitrogen and oxygen atoms in total. The molecule has 4 aromatic rings. The van der Waals surface area contributed by atoms with Crippen LogP contribution in [0.15, 0.2) is 54.6 Å². The highest BCUT2D eigenvalue weighted by Crippen LogP contribution is 2.34. The number of benzene rings is 4. The van der Waals surface area contributed by atoms with Crippen LogP contribution < -0.4 is 0 Å². The van der Waals surface area contributed by atoms with E-state index in [1.54, 1.807) is 12.1 Å². The van der Waals surface area contributed by atoms with Crippen molar-refractivity contribution in [1.82, 2.24) is 0 Å². The highest BCUT2D eigenvalue weighted by molar-refractivity contribution is 6.08. The maximum absolute atomic E-state index is 14.0. The van der Waals surface area contributed by atoms with E-state index in [-0.39, 0.29) is 5.56 Å². The first-order valence-corrected chi connectivity index (χ1v) is 7.42. The van der Waals surface area contributed by atoms with Gasteiger partial charge < -0.3 is 0 Å². The molecule has 0 saturated carbocycles. The highest BCUT2D eigenvalue weighted by atomic mass is 19.2. The monoisotopic (exact) mass is 344 g/mol. The second-order valence-corrected chi connectivity index (χ2v) is 5.67. The summed E-state index contributed by atoms with van der Waals surface area (Å²) in [7, 11) is 0. The van der Waals surface area contributed by atoms with Gasteiger partial charge in [-0.15, -0.1) is 0 Å². The second-order valence-electron chi connectivity index (χ2n) is 5.67. The van der Waals surface area contributed by atoms with Gasteiger partial charge >= 0.3 is 0 Å². The number of rotatable bonds is 1. The van der Waals surface area contributed by atoms with Crippen molar-refractivity contribution < 1.29 is 22.0 Å². The average Bonchev–Trinajstić information content (AvgIpc) is 2.64. The van der Waals surface area contributed by atoms with Crippen LogP contribution in [0.4, 0.5) is 22.0 Å². The Bertz CT molecular complexity index is 1120. The summed E-state index contributed by atoms with van der Waals surface area (Å²) in [4.78, 5) is 0. The van der Waals surface area contributed by atoms with Crippen LogP contribution in [0.25, 0.3) is 32.7 Å². The molecule has 0 aliphatic rings. The van der Waals surface area contributed by atoms with Gasteiger partial charge in [0.2, 0.25) is 5.82 Å². The van der Waals surface area contributed by atoms with E-state index in [1.165, 1.54) is 12.1 Å². The molecular weight excluding hydrogens is 335 g/mol. The lowest BCUT2D eigenvalue weighted by molar-refractivity contribution is 0.381. The zero-order chi connectivity index (χ0) is 17.7. The van der Waals surface area contributed by atoms with Crippen LogP contribution in [0.5, 0.6) is 0 Å². The molecule has 0 amide bonds. The van der Waals surface area contributed by atoms with Crippen molar-refractivity contribution in [3.8, 4) is 11.1 Å². The Morgan fingerprint density at radius 1 is 0.480 bits per heavy atom. The molecule has 0 fully saturated rings. The van der Waals surface area contributed by atoms with E-state index in [2.05, 4.69) is 0 Å². The van der Waals surface area contributed by atoms with Gasteiger partial charge in [-0.05, 0) is 33.2 Å². The van der Waals surface area contributed by atoms with E-state index < -0.39 is 34.6 Å². The molecule has 0 unspecified atom stereocenters. The van der Waals surface area contributed by atoms with Crippen molar-refractivity contribution in [3.63, 3.8) is 0 Å². The van der Waals surface area contributed by atoms with Crippen LogP contribution in [0.1, 0.15) is 0 Å². The largest absolute Gasteiger partial charge is 0.203 e. The van der Waals surface area contributed by atoms with Gasteiger partial charge in [0.25, 0.3) is 0 Å². The summed E-state index contributed by atoms with van der Waals surface area (Å²) in [6.45, 7) is 0. The van der Waals surface area contributed by atoms with Gasteiger partial charge in [-0.25, -0.2) is 22.0 Å². The molecule has 0 heterocycles. The molecule has 0 aliphatic carbocycles. The predicted molar refractivity (Wildman–Crippen MR) is 86.7 cm³/mol. The van der Waals surface area contributed by atoms with Crippen LogP contribution in [-0.2, 0) is 0 Å². The van der Waals surface area contributed by atoms with Crippen molar-refractivity contribution in [2.24, 2.45) is 0 Å². The molecule has 0 aliphatic heterocycles. The summed E-state index contributed by atoms with van der Waals surface area (Å²) >= 11 is 0. The summed E-state index contributed by atoms with van der Waals surface area (Å²) in [6, 6.07) is 15.5. The normalized spacial score (nSPS) is 11.4. The molecule has 0 N–H and O–H groups in total. The van der Waals surface area contributed by atoms with Crippen molar-refractivity contribution >= 4 is 21.5 Å². The van der Waals surface area contributed by atoms with Crippen LogP contribution in [0, 0.1) is 29.1 Å². The van der Waals surface area contributed by atoms with Gasteiger partial charge in [-0.3, -0.25) is 0 Å². The maximum Gasteiger partial charge on any atom is 0.200 e. The number of hydrogen-bond donors (Lipinski definition) is 0. The zero-order valence-electron chi connectivity index (χ0n) is 12.6. The van der Waals surface area contributed by atoms with E-state index in [9.17, 15) is 22.0 Å². The molecule has 0 radical (unpaired) electrons. The van der Waals surface area contributed by atoms with Crippen LogP contribution in [-0.4, -0.2) is 0 Å². The topological polar surface area (TPSA) is 0 Å². The Hall–Kier alpha value is -2.95. The first-order valence-electron chi connectivity index (χ1n) is 7.42. The Labute approximate surface area is 139 Å². The van der Waals surface area contributed by atoms with Crippen LogP contribution in [0.2, 0.25) is 0 Å². The summed E-state index contributed by atoms with van der Waals surface area (Å²) in [6.07, 6.45) is 0. The summed E-state index contributed by atoms with van der Waals surface area (Å²) in [5.74, 6) is -9.74. The molecule has 4 rings (SSSR count). The highest BCUT2D eigenvalue weighted by Gasteiger charge is 2.26. The van der Waals surface area contributed by atoms with Crippen molar-refractivity contribution in [1.29, 1.82) is 0 Å². The fourth-order valence-electron chi connectivity index (χ4n) is 3.03. The lowest BCUT2D eigenvalue weighted by Crippen LogP contribution is -2.04. The molecule has 0 bridgehead atoms. The smallest absolute Gasteiger partial charge is 0.200 e. The third-order valence-electron chi connectivity index (χ3n) is 4.24. The van der Waals surface area contributed by atoms with Crippen molar-refractivity contribution in [3.05, 3.63) is 83.7 Å². The van der Waals surface area contributed by atoms with E-state index in [0.717, 1.165) is 16.2 Å². The minimum Gasteiger partial charge on any atom is -0.203 e. The summed E-state index contributed by atoms with van der Waals surface area (Å²) in [5, 5.41) is 3.38. The van der Waals surface area contributed by atoms with E-state index in [0.29, 0.717) is 5.39 Å². The molecule has 0 aromatic heterocycles. The minimum absolute atomic E-state index is 0.0735. The third kappa shape index (κ3) is 2.27. The summed E-state index contributed by atoms with van der Waals surface area (Å²) in [5.41, 5.74) is -0.998. The third-order valence-corrected chi connectivity index (χ3v) is 4.24. The lowest BCUT2D eigenvalue weighted by Gasteiger charge is -2.10. The Kier molecular flexibility index (Phi) is 3.46. The Morgan fingerprint density at radius 3 is 1.76 bits per heavy atom. The van der Waals surface area contributed by atoms with Crippen molar-refractivity contribution in [2.75, 3.05) is 0 Å². The predicted octanol–water partition coefficient (Wildman–Crippen LogP) is 6.36. The van der Waals surface area contributed by atoms with Gasteiger partial charge in [-0.2, -0.15) is 0 Å². The second kappa shape index (κ2) is 5.55. The molecule has 4 aromatic carbocycles. The molecular formula is C20H9F5. The molecule has 124 valence electrons. The lowest BCUT2D eigenvalue weighted by atomic mass is 9.96. The van der Waals surface area contributed by atoms with Crippen molar-refractivity contribution in [2.45, 2.75) is 0 Å². The fraction of sp³-hybridized carbons (Fsp3) is 0. The summed E-state index contributed by atoms with van der Waals surface area (Å²) < 4.78 is 68.2. The first-order chi connectivity index (χ1) is 12.0.